The number of non-ortho nitro benzene ring substituents is 1. The van der Waals surface area contributed by atoms with E-state index in [2.05, 4.69) is 5.16 Å². The maximum atomic E-state index is 10.8. The summed E-state index contributed by atoms with van der Waals surface area (Å²) in [6.07, 6.45) is 1.43. The molecule has 0 saturated carbocycles. The Labute approximate surface area is 156 Å². The van der Waals surface area contributed by atoms with Gasteiger partial charge in [0, 0.05) is 17.7 Å². The van der Waals surface area contributed by atoms with E-state index in [4.69, 9.17) is 25.9 Å². The molecule has 0 saturated heterocycles. The van der Waals surface area contributed by atoms with Crippen LogP contribution < -0.4 is 9.47 Å². The molecule has 0 unspecified atom stereocenters. The molecule has 0 fully saturated rings. The SMILES string of the molecule is COc1cc(/C=N\OCc2cccc([N+](=O)[O-])c2)cc(Cl)c1OC(C)C. The Morgan fingerprint density at radius 2 is 2.08 bits per heavy atom. The molecule has 2 rings (SSSR count). The van der Waals surface area contributed by atoms with Gasteiger partial charge in [-0.05, 0) is 31.5 Å². The number of methoxy groups -OCH3 is 1. The Bertz CT molecular complexity index is 808. The first-order valence-electron chi connectivity index (χ1n) is 7.83. The fourth-order valence-corrected chi connectivity index (χ4v) is 2.40. The van der Waals surface area contributed by atoms with Crippen molar-refractivity contribution in [3.63, 3.8) is 0 Å². The second kappa shape index (κ2) is 9.05. The number of benzene rings is 2. The van der Waals surface area contributed by atoms with Crippen LogP contribution >= 0.6 is 11.6 Å². The monoisotopic (exact) mass is 378 g/mol. The molecule has 0 radical (unpaired) electrons. The Kier molecular flexibility index (Phi) is 6.80. The number of ether oxygens (including phenoxy) is 2. The Morgan fingerprint density at radius 3 is 2.73 bits per heavy atom. The van der Waals surface area contributed by atoms with Crippen molar-refractivity contribution in [1.29, 1.82) is 0 Å². The van der Waals surface area contributed by atoms with Crippen LogP contribution in [0.3, 0.4) is 0 Å². The summed E-state index contributed by atoms with van der Waals surface area (Å²) in [5.41, 5.74) is 1.32. The van der Waals surface area contributed by atoms with Gasteiger partial charge >= 0.3 is 0 Å². The van der Waals surface area contributed by atoms with E-state index in [1.54, 1.807) is 24.3 Å². The molecule has 0 amide bonds. The summed E-state index contributed by atoms with van der Waals surface area (Å²) in [5, 5.41) is 15.0. The average Bonchev–Trinajstić information content (AvgIpc) is 2.60. The summed E-state index contributed by atoms with van der Waals surface area (Å²) in [6, 6.07) is 9.58. The van der Waals surface area contributed by atoms with E-state index in [0.29, 0.717) is 27.6 Å². The predicted octanol–water partition coefficient (Wildman–Crippen LogP) is 4.59. The van der Waals surface area contributed by atoms with Gasteiger partial charge < -0.3 is 14.3 Å². The number of hydrogen-bond acceptors (Lipinski definition) is 6. The van der Waals surface area contributed by atoms with Crippen molar-refractivity contribution in [2.45, 2.75) is 26.6 Å². The number of halogens is 1. The summed E-state index contributed by atoms with van der Waals surface area (Å²) in [6.45, 7) is 3.90. The van der Waals surface area contributed by atoms with Gasteiger partial charge in [0.1, 0.15) is 6.61 Å². The lowest BCUT2D eigenvalue weighted by molar-refractivity contribution is -0.384. The maximum Gasteiger partial charge on any atom is 0.269 e. The number of nitro groups is 1. The van der Waals surface area contributed by atoms with Crippen molar-refractivity contribution in [2.24, 2.45) is 5.16 Å². The molecule has 0 N–H and O–H groups in total. The van der Waals surface area contributed by atoms with Crippen LogP contribution in [-0.4, -0.2) is 24.4 Å². The molecule has 0 atom stereocenters. The zero-order valence-electron chi connectivity index (χ0n) is 14.6. The van der Waals surface area contributed by atoms with E-state index in [0.717, 1.165) is 0 Å². The minimum Gasteiger partial charge on any atom is -0.493 e. The Balaban J connectivity index is 2.05. The third-order valence-corrected chi connectivity index (χ3v) is 3.51. The van der Waals surface area contributed by atoms with Gasteiger partial charge in [-0.3, -0.25) is 10.1 Å². The van der Waals surface area contributed by atoms with Gasteiger partial charge in [0.25, 0.3) is 5.69 Å². The minimum atomic E-state index is -0.457. The van der Waals surface area contributed by atoms with Crippen molar-refractivity contribution < 1.29 is 19.2 Å². The molecule has 0 bridgehead atoms. The fourth-order valence-electron chi connectivity index (χ4n) is 2.13. The van der Waals surface area contributed by atoms with E-state index in [1.807, 2.05) is 13.8 Å². The van der Waals surface area contributed by atoms with Crippen LogP contribution in [0.15, 0.2) is 41.6 Å². The van der Waals surface area contributed by atoms with Gasteiger partial charge in [0.2, 0.25) is 0 Å². The zero-order valence-corrected chi connectivity index (χ0v) is 15.4. The highest BCUT2D eigenvalue weighted by Gasteiger charge is 2.13. The highest BCUT2D eigenvalue weighted by Crippen LogP contribution is 2.36. The van der Waals surface area contributed by atoms with Crippen LogP contribution in [0.1, 0.15) is 25.0 Å². The molecule has 138 valence electrons. The third kappa shape index (κ3) is 5.35. The molecule has 0 aliphatic heterocycles. The molecular weight excluding hydrogens is 360 g/mol. The van der Waals surface area contributed by atoms with Crippen LogP contribution in [0.5, 0.6) is 11.5 Å². The summed E-state index contributed by atoms with van der Waals surface area (Å²) in [5.74, 6) is 0.963. The Morgan fingerprint density at radius 1 is 1.31 bits per heavy atom. The van der Waals surface area contributed by atoms with Gasteiger partial charge in [-0.15, -0.1) is 0 Å². The lowest BCUT2D eigenvalue weighted by Gasteiger charge is -2.15. The number of rotatable bonds is 8. The Hall–Kier alpha value is -2.80. The van der Waals surface area contributed by atoms with Gasteiger partial charge in [-0.1, -0.05) is 28.9 Å². The van der Waals surface area contributed by atoms with E-state index in [-0.39, 0.29) is 18.4 Å². The van der Waals surface area contributed by atoms with Gasteiger partial charge in [0.15, 0.2) is 11.5 Å². The summed E-state index contributed by atoms with van der Waals surface area (Å²) >= 11 is 6.24. The molecule has 0 heterocycles. The fraction of sp³-hybridized carbons (Fsp3) is 0.278. The number of hydrogen-bond donors (Lipinski definition) is 0. The van der Waals surface area contributed by atoms with E-state index in [9.17, 15) is 10.1 Å². The molecule has 2 aromatic carbocycles. The van der Waals surface area contributed by atoms with Crippen molar-refractivity contribution in [3.8, 4) is 11.5 Å². The van der Waals surface area contributed by atoms with E-state index >= 15 is 0 Å². The van der Waals surface area contributed by atoms with Crippen LogP contribution in [0.4, 0.5) is 5.69 Å². The van der Waals surface area contributed by atoms with Gasteiger partial charge in [-0.2, -0.15) is 0 Å². The quantitative estimate of drug-likeness (QED) is 0.381. The van der Waals surface area contributed by atoms with Crippen LogP contribution in [0, 0.1) is 10.1 Å². The number of nitro benzene ring substituents is 1. The molecule has 0 spiro atoms. The standard InChI is InChI=1S/C18H19ClN2O5/c1-12(2)26-18-16(19)8-14(9-17(18)24-3)10-20-25-11-13-5-4-6-15(7-13)21(22)23/h4-10,12H,11H2,1-3H3/b20-10-. The molecule has 0 aliphatic carbocycles. The van der Waals surface area contributed by atoms with Crippen molar-refractivity contribution in [1.82, 2.24) is 0 Å². The summed E-state index contributed by atoms with van der Waals surface area (Å²) in [4.78, 5) is 15.5. The molecule has 2 aromatic rings. The highest BCUT2D eigenvalue weighted by molar-refractivity contribution is 6.32. The smallest absolute Gasteiger partial charge is 0.269 e. The molecular formula is C18H19ClN2O5. The first kappa shape index (κ1) is 19.5. The van der Waals surface area contributed by atoms with Crippen LogP contribution in [0.25, 0.3) is 0 Å². The lowest BCUT2D eigenvalue weighted by Crippen LogP contribution is -2.07. The van der Waals surface area contributed by atoms with Gasteiger partial charge in [0.05, 0.1) is 29.4 Å². The molecule has 7 nitrogen and oxygen atoms in total. The van der Waals surface area contributed by atoms with E-state index in [1.165, 1.54) is 25.5 Å². The molecule has 0 aliphatic rings. The zero-order chi connectivity index (χ0) is 19.1. The average molecular weight is 379 g/mol. The van der Waals surface area contributed by atoms with Crippen molar-refractivity contribution in [2.75, 3.05) is 7.11 Å². The van der Waals surface area contributed by atoms with Gasteiger partial charge in [-0.25, -0.2) is 0 Å². The van der Waals surface area contributed by atoms with Crippen molar-refractivity contribution in [3.05, 3.63) is 62.7 Å². The van der Waals surface area contributed by atoms with Crippen molar-refractivity contribution >= 4 is 23.5 Å². The van der Waals surface area contributed by atoms with E-state index < -0.39 is 4.92 Å². The summed E-state index contributed by atoms with van der Waals surface area (Å²) in [7, 11) is 1.53. The topological polar surface area (TPSA) is 83.2 Å². The molecule has 0 aromatic heterocycles. The first-order chi connectivity index (χ1) is 12.4. The number of oxime groups is 1. The van der Waals surface area contributed by atoms with Crippen LogP contribution in [0.2, 0.25) is 5.02 Å². The largest absolute Gasteiger partial charge is 0.493 e. The molecule has 26 heavy (non-hydrogen) atoms. The summed E-state index contributed by atoms with van der Waals surface area (Å²) < 4.78 is 11.0. The highest BCUT2D eigenvalue weighted by atomic mass is 35.5. The first-order valence-corrected chi connectivity index (χ1v) is 8.21. The lowest BCUT2D eigenvalue weighted by atomic mass is 10.2. The third-order valence-electron chi connectivity index (χ3n) is 3.23. The number of nitrogens with zero attached hydrogens (tertiary/aromatic N) is 2. The normalized spacial score (nSPS) is 11.0. The van der Waals surface area contributed by atoms with Crippen LogP contribution in [-0.2, 0) is 11.4 Å². The maximum absolute atomic E-state index is 10.8. The second-order valence-electron chi connectivity index (χ2n) is 5.64. The molecule has 8 heteroatoms. The predicted molar refractivity (Wildman–Crippen MR) is 99.2 cm³/mol. The minimum absolute atomic E-state index is 0.00680. The second-order valence-corrected chi connectivity index (χ2v) is 6.04.